The minimum absolute atomic E-state index is 0.153. The summed E-state index contributed by atoms with van der Waals surface area (Å²) in [7, 11) is 0. The molecule has 0 aromatic carbocycles. The van der Waals surface area contributed by atoms with Gasteiger partial charge in [0.25, 0.3) is 5.91 Å². The first-order valence-corrected chi connectivity index (χ1v) is 9.74. The predicted molar refractivity (Wildman–Crippen MR) is 100 cm³/mol. The molecule has 1 atom stereocenters. The molecule has 2 aliphatic heterocycles. The van der Waals surface area contributed by atoms with E-state index in [9.17, 15) is 4.79 Å². The number of ether oxygens (including phenoxy) is 1. The molecule has 0 spiro atoms. The van der Waals surface area contributed by atoms with Crippen molar-refractivity contribution in [2.45, 2.75) is 38.7 Å². The van der Waals surface area contributed by atoms with E-state index in [1.807, 2.05) is 17.0 Å². The molecule has 3 rings (SSSR count). The smallest absolute Gasteiger partial charge is 0.251 e. The maximum atomic E-state index is 12.5. The lowest BCUT2D eigenvalue weighted by atomic mass is 10.2. The molecule has 0 radical (unpaired) electrons. The lowest BCUT2D eigenvalue weighted by molar-refractivity contribution is -0.142. The SMILES string of the molecule is CCCN=C(NCCc1ccco1)N1CCN(C(=O)C2CCCO2)CC1. The zero-order chi connectivity index (χ0) is 18.2. The molecule has 0 aliphatic carbocycles. The Morgan fingerprint density at radius 3 is 2.77 bits per heavy atom. The van der Waals surface area contributed by atoms with Crippen LogP contribution in [-0.2, 0) is 16.0 Å². The number of carbonyl (C=O) groups excluding carboxylic acids is 1. The highest BCUT2D eigenvalue weighted by molar-refractivity contribution is 5.82. The third kappa shape index (κ3) is 5.00. The van der Waals surface area contributed by atoms with Gasteiger partial charge in [-0.1, -0.05) is 6.92 Å². The summed E-state index contributed by atoms with van der Waals surface area (Å²) < 4.78 is 10.9. The quantitative estimate of drug-likeness (QED) is 0.613. The number of aliphatic imine (C=N–C) groups is 1. The molecule has 1 aromatic rings. The van der Waals surface area contributed by atoms with Crippen LogP contribution in [0.25, 0.3) is 0 Å². The molecule has 26 heavy (non-hydrogen) atoms. The molecule has 1 aromatic heterocycles. The Hall–Kier alpha value is -2.02. The Balaban J connectivity index is 1.48. The number of hydrogen-bond acceptors (Lipinski definition) is 4. The molecular weight excluding hydrogens is 332 g/mol. The fraction of sp³-hybridized carbons (Fsp3) is 0.684. The van der Waals surface area contributed by atoms with Gasteiger partial charge in [0.2, 0.25) is 0 Å². The van der Waals surface area contributed by atoms with Crippen molar-refractivity contribution >= 4 is 11.9 Å². The van der Waals surface area contributed by atoms with Gasteiger partial charge in [-0.15, -0.1) is 0 Å². The molecule has 3 heterocycles. The van der Waals surface area contributed by atoms with Crippen molar-refractivity contribution in [2.24, 2.45) is 4.99 Å². The van der Waals surface area contributed by atoms with Gasteiger partial charge in [-0.3, -0.25) is 9.79 Å². The number of nitrogens with one attached hydrogen (secondary N) is 1. The van der Waals surface area contributed by atoms with E-state index in [1.54, 1.807) is 6.26 Å². The number of piperazine rings is 1. The van der Waals surface area contributed by atoms with Crippen LogP contribution >= 0.6 is 0 Å². The number of hydrogen-bond donors (Lipinski definition) is 1. The van der Waals surface area contributed by atoms with Crippen molar-refractivity contribution in [1.29, 1.82) is 0 Å². The standard InChI is InChI=1S/C19H30N4O3/c1-2-8-20-19(21-9-7-16-5-3-14-25-16)23-12-10-22(11-13-23)18(24)17-6-4-15-26-17/h3,5,14,17H,2,4,6-13,15H2,1H3,(H,20,21). The molecule has 1 N–H and O–H groups in total. The summed E-state index contributed by atoms with van der Waals surface area (Å²) in [6, 6.07) is 3.89. The second-order valence-corrected chi connectivity index (χ2v) is 6.78. The monoisotopic (exact) mass is 362 g/mol. The van der Waals surface area contributed by atoms with Crippen LogP contribution in [0.1, 0.15) is 31.9 Å². The van der Waals surface area contributed by atoms with Crippen molar-refractivity contribution in [3.05, 3.63) is 24.2 Å². The van der Waals surface area contributed by atoms with Gasteiger partial charge >= 0.3 is 0 Å². The molecule has 7 heteroatoms. The van der Waals surface area contributed by atoms with Gasteiger partial charge in [0.1, 0.15) is 11.9 Å². The average Bonchev–Trinajstić information content (AvgIpc) is 3.38. The van der Waals surface area contributed by atoms with Crippen LogP contribution in [0.3, 0.4) is 0 Å². The van der Waals surface area contributed by atoms with E-state index in [4.69, 9.17) is 14.1 Å². The van der Waals surface area contributed by atoms with Gasteiger partial charge in [-0.2, -0.15) is 0 Å². The highest BCUT2D eigenvalue weighted by Crippen LogP contribution is 2.16. The third-order valence-electron chi connectivity index (χ3n) is 4.82. The van der Waals surface area contributed by atoms with Crippen LogP contribution in [0.5, 0.6) is 0 Å². The maximum Gasteiger partial charge on any atom is 0.251 e. The number of furan rings is 1. The molecule has 2 saturated heterocycles. The summed E-state index contributed by atoms with van der Waals surface area (Å²) in [5.74, 6) is 2.06. The van der Waals surface area contributed by atoms with E-state index in [1.165, 1.54) is 0 Å². The first-order valence-electron chi connectivity index (χ1n) is 9.74. The number of amides is 1. The fourth-order valence-corrected chi connectivity index (χ4v) is 3.35. The minimum Gasteiger partial charge on any atom is -0.469 e. The van der Waals surface area contributed by atoms with Gasteiger partial charge < -0.3 is 24.3 Å². The Bertz CT molecular complexity index is 574. The van der Waals surface area contributed by atoms with Gasteiger partial charge in [-0.25, -0.2) is 0 Å². The number of rotatable bonds is 6. The zero-order valence-corrected chi connectivity index (χ0v) is 15.7. The number of nitrogens with zero attached hydrogens (tertiary/aromatic N) is 3. The van der Waals surface area contributed by atoms with Gasteiger partial charge in [0.05, 0.1) is 6.26 Å². The van der Waals surface area contributed by atoms with E-state index in [0.29, 0.717) is 6.61 Å². The molecular formula is C19H30N4O3. The molecule has 2 aliphatic rings. The second kappa shape index (κ2) is 9.62. The van der Waals surface area contributed by atoms with Gasteiger partial charge in [0, 0.05) is 52.3 Å². The topological polar surface area (TPSA) is 70.3 Å². The van der Waals surface area contributed by atoms with Crippen molar-refractivity contribution in [3.8, 4) is 0 Å². The Morgan fingerprint density at radius 1 is 1.31 bits per heavy atom. The van der Waals surface area contributed by atoms with E-state index >= 15 is 0 Å². The summed E-state index contributed by atoms with van der Waals surface area (Å²) in [6.07, 6.45) is 5.17. The van der Waals surface area contributed by atoms with Crippen molar-refractivity contribution in [3.63, 3.8) is 0 Å². The lowest BCUT2D eigenvalue weighted by Crippen LogP contribution is -2.55. The minimum atomic E-state index is -0.221. The Kier molecular flexibility index (Phi) is 6.94. The second-order valence-electron chi connectivity index (χ2n) is 6.78. The first kappa shape index (κ1) is 18.8. The number of carbonyl (C=O) groups is 1. The normalized spacial score (nSPS) is 21.3. The first-order chi connectivity index (χ1) is 12.8. The highest BCUT2D eigenvalue weighted by Gasteiger charge is 2.30. The molecule has 7 nitrogen and oxygen atoms in total. The van der Waals surface area contributed by atoms with E-state index < -0.39 is 0 Å². The van der Waals surface area contributed by atoms with Crippen LogP contribution in [0.15, 0.2) is 27.8 Å². The van der Waals surface area contributed by atoms with E-state index in [0.717, 1.165) is 76.7 Å². The Morgan fingerprint density at radius 2 is 2.12 bits per heavy atom. The third-order valence-corrected chi connectivity index (χ3v) is 4.82. The summed E-state index contributed by atoms with van der Waals surface area (Å²) in [4.78, 5) is 21.4. The summed E-state index contributed by atoms with van der Waals surface area (Å²) in [5, 5.41) is 3.45. The summed E-state index contributed by atoms with van der Waals surface area (Å²) >= 11 is 0. The van der Waals surface area contributed by atoms with Crippen molar-refractivity contribution in [1.82, 2.24) is 15.1 Å². The maximum absolute atomic E-state index is 12.5. The summed E-state index contributed by atoms with van der Waals surface area (Å²) in [5.41, 5.74) is 0. The highest BCUT2D eigenvalue weighted by atomic mass is 16.5. The van der Waals surface area contributed by atoms with Crippen LogP contribution in [0.4, 0.5) is 0 Å². The Labute approximate surface area is 155 Å². The zero-order valence-electron chi connectivity index (χ0n) is 15.7. The average molecular weight is 362 g/mol. The predicted octanol–water partition coefficient (Wildman–Crippen LogP) is 1.50. The molecule has 1 amide bonds. The largest absolute Gasteiger partial charge is 0.469 e. The van der Waals surface area contributed by atoms with Crippen LogP contribution in [0.2, 0.25) is 0 Å². The lowest BCUT2D eigenvalue weighted by Gasteiger charge is -2.37. The molecule has 2 fully saturated rings. The molecule has 144 valence electrons. The molecule has 0 bridgehead atoms. The van der Waals surface area contributed by atoms with Crippen LogP contribution < -0.4 is 5.32 Å². The number of guanidine groups is 1. The van der Waals surface area contributed by atoms with Gasteiger partial charge in [-0.05, 0) is 31.4 Å². The van der Waals surface area contributed by atoms with E-state index in [-0.39, 0.29) is 12.0 Å². The molecule has 0 saturated carbocycles. The van der Waals surface area contributed by atoms with Crippen LogP contribution in [-0.4, -0.2) is 73.6 Å². The molecule has 1 unspecified atom stereocenters. The van der Waals surface area contributed by atoms with Crippen molar-refractivity contribution < 1.29 is 13.9 Å². The van der Waals surface area contributed by atoms with Crippen molar-refractivity contribution in [2.75, 3.05) is 45.9 Å². The summed E-state index contributed by atoms with van der Waals surface area (Å²) in [6.45, 7) is 7.48. The fourth-order valence-electron chi connectivity index (χ4n) is 3.35. The van der Waals surface area contributed by atoms with E-state index in [2.05, 4.69) is 17.1 Å². The van der Waals surface area contributed by atoms with Gasteiger partial charge in [0.15, 0.2) is 5.96 Å². The van der Waals surface area contributed by atoms with Crippen LogP contribution in [0, 0.1) is 0 Å².